The minimum absolute atomic E-state index is 0.118. The van der Waals surface area contributed by atoms with E-state index in [4.69, 9.17) is 0 Å². The van der Waals surface area contributed by atoms with Gasteiger partial charge >= 0.3 is 0 Å². The topological polar surface area (TPSA) is 86.8 Å². The quantitative estimate of drug-likeness (QED) is 0.442. The Balaban J connectivity index is 2.24. The zero-order chi connectivity index (χ0) is 24.6. The second-order valence-corrected chi connectivity index (χ2v) is 11.0. The Morgan fingerprint density at radius 2 is 1.79 bits per heavy atom. The van der Waals surface area contributed by atoms with Crippen LogP contribution >= 0.6 is 15.9 Å². The van der Waals surface area contributed by atoms with E-state index in [-0.39, 0.29) is 23.9 Å². The van der Waals surface area contributed by atoms with Crippen LogP contribution in [0, 0.1) is 6.92 Å². The van der Waals surface area contributed by atoms with Crippen LogP contribution in [-0.4, -0.2) is 55.6 Å². The number of amides is 2. The summed E-state index contributed by atoms with van der Waals surface area (Å²) in [5.74, 6) is -0.720. The van der Waals surface area contributed by atoms with Crippen molar-refractivity contribution in [2.24, 2.45) is 0 Å². The zero-order valence-electron chi connectivity index (χ0n) is 19.5. The van der Waals surface area contributed by atoms with Gasteiger partial charge in [0.1, 0.15) is 6.04 Å². The summed E-state index contributed by atoms with van der Waals surface area (Å²) in [6.07, 6.45) is 1.78. The Morgan fingerprint density at radius 1 is 1.12 bits per heavy atom. The highest BCUT2D eigenvalue weighted by molar-refractivity contribution is 9.10. The van der Waals surface area contributed by atoms with Crippen molar-refractivity contribution in [2.45, 2.75) is 51.1 Å². The van der Waals surface area contributed by atoms with Gasteiger partial charge in [-0.2, -0.15) is 4.31 Å². The van der Waals surface area contributed by atoms with E-state index in [1.54, 1.807) is 19.1 Å². The molecule has 0 fully saturated rings. The molecule has 0 spiro atoms. The molecule has 2 aromatic carbocycles. The average molecular weight is 539 g/mol. The number of unbranched alkanes of at least 4 members (excludes halogenated alkanes) is 1. The maximum absolute atomic E-state index is 13.3. The first-order valence-electron chi connectivity index (χ1n) is 10.9. The van der Waals surface area contributed by atoms with Gasteiger partial charge < -0.3 is 10.2 Å². The first kappa shape index (κ1) is 27.0. The Kier molecular flexibility index (Phi) is 10.1. The average Bonchev–Trinajstić information content (AvgIpc) is 2.77. The standard InChI is InChI=1S/C24H32BrN3O4S/c1-5-6-14-26-24(30)19(3)28(16-20-8-7-9-21(25)15-20)23(29)17-27(4)33(31,32)22-12-10-18(2)11-13-22/h7-13,15,19H,5-6,14,16-17H2,1-4H3,(H,26,30)/t19-/m0/s1. The largest absolute Gasteiger partial charge is 0.354 e. The highest BCUT2D eigenvalue weighted by Gasteiger charge is 2.30. The van der Waals surface area contributed by atoms with Crippen molar-refractivity contribution in [2.75, 3.05) is 20.1 Å². The molecule has 0 aromatic heterocycles. The van der Waals surface area contributed by atoms with Gasteiger partial charge in [-0.15, -0.1) is 0 Å². The van der Waals surface area contributed by atoms with Gasteiger partial charge in [0, 0.05) is 24.6 Å². The van der Waals surface area contributed by atoms with Crippen molar-refractivity contribution in [3.05, 3.63) is 64.1 Å². The number of halogens is 1. The SMILES string of the molecule is CCCCNC(=O)[C@H](C)N(Cc1cccc(Br)c1)C(=O)CN(C)S(=O)(=O)c1ccc(C)cc1. The Morgan fingerprint density at radius 3 is 2.39 bits per heavy atom. The van der Waals surface area contributed by atoms with E-state index >= 15 is 0 Å². The predicted octanol–water partition coefficient (Wildman–Crippen LogP) is 3.71. The third-order valence-electron chi connectivity index (χ3n) is 5.33. The highest BCUT2D eigenvalue weighted by atomic mass is 79.9. The van der Waals surface area contributed by atoms with Gasteiger partial charge in [0.25, 0.3) is 0 Å². The van der Waals surface area contributed by atoms with E-state index in [1.165, 1.54) is 24.1 Å². The number of hydrogen-bond acceptors (Lipinski definition) is 4. The molecule has 2 aromatic rings. The summed E-state index contributed by atoms with van der Waals surface area (Å²) in [4.78, 5) is 27.5. The van der Waals surface area contributed by atoms with Gasteiger partial charge in [-0.25, -0.2) is 8.42 Å². The first-order valence-corrected chi connectivity index (χ1v) is 13.1. The van der Waals surface area contributed by atoms with Crippen molar-refractivity contribution in [1.82, 2.24) is 14.5 Å². The minimum atomic E-state index is -3.85. The number of nitrogens with one attached hydrogen (secondary N) is 1. The number of hydrogen-bond donors (Lipinski definition) is 1. The minimum Gasteiger partial charge on any atom is -0.354 e. The maximum atomic E-state index is 13.3. The molecule has 0 aliphatic heterocycles. The number of sulfonamides is 1. The Bertz CT molecular complexity index is 1060. The summed E-state index contributed by atoms with van der Waals surface area (Å²) in [5, 5.41) is 2.86. The molecule has 1 N–H and O–H groups in total. The lowest BCUT2D eigenvalue weighted by molar-refractivity contribution is -0.140. The van der Waals surface area contributed by atoms with Crippen LogP contribution < -0.4 is 5.32 Å². The van der Waals surface area contributed by atoms with Gasteiger partial charge in [0.15, 0.2) is 0 Å². The summed E-state index contributed by atoms with van der Waals surface area (Å²) >= 11 is 3.42. The lowest BCUT2D eigenvalue weighted by Gasteiger charge is -2.30. The fraction of sp³-hybridized carbons (Fsp3) is 0.417. The fourth-order valence-corrected chi connectivity index (χ4v) is 4.77. The third-order valence-corrected chi connectivity index (χ3v) is 7.64. The smallest absolute Gasteiger partial charge is 0.243 e. The molecule has 33 heavy (non-hydrogen) atoms. The molecule has 9 heteroatoms. The number of likely N-dealkylation sites (N-methyl/N-ethyl adjacent to an activating group) is 1. The Hall–Kier alpha value is -2.23. The molecule has 0 aliphatic carbocycles. The molecular weight excluding hydrogens is 506 g/mol. The summed E-state index contributed by atoms with van der Waals surface area (Å²) in [6, 6.07) is 13.2. The van der Waals surface area contributed by atoms with Gasteiger partial charge in [-0.1, -0.05) is 59.1 Å². The van der Waals surface area contributed by atoms with Crippen molar-refractivity contribution < 1.29 is 18.0 Å². The van der Waals surface area contributed by atoms with Crippen LogP contribution in [0.25, 0.3) is 0 Å². The molecule has 180 valence electrons. The molecule has 1 atom stereocenters. The molecule has 0 radical (unpaired) electrons. The third kappa shape index (κ3) is 7.65. The van der Waals surface area contributed by atoms with E-state index in [2.05, 4.69) is 21.2 Å². The second-order valence-electron chi connectivity index (χ2n) is 8.05. The van der Waals surface area contributed by atoms with Crippen LogP contribution in [-0.2, 0) is 26.2 Å². The zero-order valence-corrected chi connectivity index (χ0v) is 21.9. The van der Waals surface area contributed by atoms with Crippen LogP contribution in [0.4, 0.5) is 0 Å². The van der Waals surface area contributed by atoms with Gasteiger partial charge in [-0.3, -0.25) is 9.59 Å². The van der Waals surface area contributed by atoms with Crippen LogP contribution in [0.15, 0.2) is 57.9 Å². The fourth-order valence-electron chi connectivity index (χ4n) is 3.21. The molecule has 2 amide bonds. The van der Waals surface area contributed by atoms with E-state index < -0.39 is 22.0 Å². The summed E-state index contributed by atoms with van der Waals surface area (Å²) < 4.78 is 27.8. The van der Waals surface area contributed by atoms with Crippen LogP contribution in [0.2, 0.25) is 0 Å². The highest BCUT2D eigenvalue weighted by Crippen LogP contribution is 2.18. The first-order chi connectivity index (χ1) is 15.6. The lowest BCUT2D eigenvalue weighted by atomic mass is 10.1. The number of nitrogens with zero attached hydrogens (tertiary/aromatic N) is 2. The molecular formula is C24H32BrN3O4S. The molecule has 0 saturated carbocycles. The molecule has 7 nitrogen and oxygen atoms in total. The van der Waals surface area contributed by atoms with Crippen molar-refractivity contribution in [1.29, 1.82) is 0 Å². The van der Waals surface area contributed by atoms with E-state index in [0.717, 1.165) is 32.7 Å². The lowest BCUT2D eigenvalue weighted by Crippen LogP contribution is -2.50. The predicted molar refractivity (Wildman–Crippen MR) is 133 cm³/mol. The van der Waals surface area contributed by atoms with Crippen molar-refractivity contribution >= 4 is 37.8 Å². The number of benzene rings is 2. The Labute approximate surface area is 205 Å². The summed E-state index contributed by atoms with van der Waals surface area (Å²) in [7, 11) is -2.48. The van der Waals surface area contributed by atoms with Gasteiger partial charge in [-0.05, 0) is 50.1 Å². The van der Waals surface area contributed by atoms with Crippen LogP contribution in [0.3, 0.4) is 0 Å². The van der Waals surface area contributed by atoms with Crippen molar-refractivity contribution in [3.8, 4) is 0 Å². The van der Waals surface area contributed by atoms with E-state index in [1.807, 2.05) is 38.1 Å². The van der Waals surface area contributed by atoms with Crippen molar-refractivity contribution in [3.63, 3.8) is 0 Å². The molecule has 0 aliphatic rings. The number of aryl methyl sites for hydroxylation is 1. The molecule has 2 rings (SSSR count). The van der Waals surface area contributed by atoms with Crippen LogP contribution in [0.1, 0.15) is 37.8 Å². The van der Waals surface area contributed by atoms with Crippen LogP contribution in [0.5, 0.6) is 0 Å². The number of rotatable bonds is 11. The van der Waals surface area contributed by atoms with E-state index in [9.17, 15) is 18.0 Å². The summed E-state index contributed by atoms with van der Waals surface area (Å²) in [5.41, 5.74) is 1.77. The van der Waals surface area contributed by atoms with Gasteiger partial charge in [0.2, 0.25) is 21.8 Å². The molecule has 0 heterocycles. The monoisotopic (exact) mass is 537 g/mol. The molecule has 0 saturated heterocycles. The number of carbonyl (C=O) groups excluding carboxylic acids is 2. The normalized spacial score (nSPS) is 12.4. The maximum Gasteiger partial charge on any atom is 0.243 e. The molecule has 0 bridgehead atoms. The molecule has 0 unspecified atom stereocenters. The summed E-state index contributed by atoms with van der Waals surface area (Å²) in [6.45, 7) is 5.89. The van der Waals surface area contributed by atoms with Gasteiger partial charge in [0.05, 0.1) is 11.4 Å². The van der Waals surface area contributed by atoms with E-state index in [0.29, 0.717) is 6.54 Å². The number of carbonyl (C=O) groups is 2. The second kappa shape index (κ2) is 12.3.